The van der Waals surface area contributed by atoms with Gasteiger partial charge in [0.05, 0.1) is 0 Å². The summed E-state index contributed by atoms with van der Waals surface area (Å²) in [6.07, 6.45) is 0.321. The zero-order chi connectivity index (χ0) is 6.85. The quantitative estimate of drug-likeness (QED) is 0.468. The second kappa shape index (κ2) is 2.33. The standard InChI is InChI=1S/C5H10N2O2/c1-7-3-2-4(9-6)5(7)8/h4H,2-3,6H2,1H3. The van der Waals surface area contributed by atoms with Crippen LogP contribution in [0.1, 0.15) is 6.42 Å². The molecule has 0 radical (unpaired) electrons. The molecule has 1 aliphatic heterocycles. The number of likely N-dealkylation sites (N-methyl/N-ethyl adjacent to an activating group) is 1. The highest BCUT2D eigenvalue weighted by Crippen LogP contribution is 2.09. The Morgan fingerprint density at radius 1 is 1.89 bits per heavy atom. The predicted octanol–water partition coefficient (Wildman–Crippen LogP) is -0.893. The predicted molar refractivity (Wildman–Crippen MR) is 31.3 cm³/mol. The maximum atomic E-state index is 10.9. The number of carbonyl (C=O) groups excluding carboxylic acids is 1. The summed E-state index contributed by atoms with van der Waals surface area (Å²) in [5, 5.41) is 0. The Labute approximate surface area is 53.5 Å². The summed E-state index contributed by atoms with van der Waals surface area (Å²) in [6, 6.07) is 0. The summed E-state index contributed by atoms with van der Waals surface area (Å²) in [4.78, 5) is 16.9. The van der Waals surface area contributed by atoms with Crippen molar-refractivity contribution in [3.63, 3.8) is 0 Å². The van der Waals surface area contributed by atoms with E-state index in [9.17, 15) is 4.79 Å². The highest BCUT2D eigenvalue weighted by molar-refractivity contribution is 5.82. The third-order valence-corrected chi connectivity index (χ3v) is 1.54. The van der Waals surface area contributed by atoms with Gasteiger partial charge >= 0.3 is 0 Å². The van der Waals surface area contributed by atoms with Gasteiger partial charge in [-0.3, -0.25) is 9.63 Å². The minimum atomic E-state index is -0.394. The molecule has 4 nitrogen and oxygen atoms in total. The van der Waals surface area contributed by atoms with E-state index >= 15 is 0 Å². The van der Waals surface area contributed by atoms with Crippen LogP contribution in [0.2, 0.25) is 0 Å². The number of amides is 1. The van der Waals surface area contributed by atoms with Gasteiger partial charge in [-0.2, -0.15) is 0 Å². The molecule has 0 aromatic rings. The summed E-state index contributed by atoms with van der Waals surface area (Å²) in [6.45, 7) is 0.751. The first-order chi connectivity index (χ1) is 4.25. The normalized spacial score (nSPS) is 27.6. The summed E-state index contributed by atoms with van der Waals surface area (Å²) in [7, 11) is 1.74. The Hall–Kier alpha value is -0.610. The zero-order valence-corrected chi connectivity index (χ0v) is 5.33. The number of likely N-dealkylation sites (tertiary alicyclic amines) is 1. The second-order valence-corrected chi connectivity index (χ2v) is 2.17. The summed E-state index contributed by atoms with van der Waals surface area (Å²) in [5.41, 5.74) is 0. The lowest BCUT2D eigenvalue weighted by Gasteiger charge is -2.06. The molecule has 1 rings (SSSR count). The molecule has 9 heavy (non-hydrogen) atoms. The molecule has 1 fully saturated rings. The van der Waals surface area contributed by atoms with Crippen LogP contribution >= 0.6 is 0 Å². The molecule has 1 saturated heterocycles. The van der Waals surface area contributed by atoms with E-state index in [1.54, 1.807) is 11.9 Å². The van der Waals surface area contributed by atoms with Crippen LogP contribution in [0.4, 0.5) is 0 Å². The third-order valence-electron chi connectivity index (χ3n) is 1.54. The molecule has 1 amide bonds. The Morgan fingerprint density at radius 2 is 2.56 bits per heavy atom. The van der Waals surface area contributed by atoms with E-state index < -0.39 is 6.10 Å². The van der Waals surface area contributed by atoms with Crippen LogP contribution in [-0.4, -0.2) is 30.5 Å². The Kier molecular flexibility index (Phi) is 1.68. The van der Waals surface area contributed by atoms with Crippen molar-refractivity contribution in [3.05, 3.63) is 0 Å². The van der Waals surface area contributed by atoms with E-state index in [1.807, 2.05) is 0 Å². The largest absolute Gasteiger partial charge is 0.343 e. The van der Waals surface area contributed by atoms with E-state index in [-0.39, 0.29) is 5.91 Å². The number of nitrogens with zero attached hydrogens (tertiary/aromatic N) is 1. The van der Waals surface area contributed by atoms with E-state index in [2.05, 4.69) is 4.84 Å². The van der Waals surface area contributed by atoms with Gasteiger partial charge < -0.3 is 4.90 Å². The summed E-state index contributed by atoms with van der Waals surface area (Å²) < 4.78 is 0. The number of hydrogen-bond donors (Lipinski definition) is 1. The lowest BCUT2D eigenvalue weighted by molar-refractivity contribution is -0.136. The monoisotopic (exact) mass is 130 g/mol. The molecule has 1 aliphatic rings. The summed E-state index contributed by atoms with van der Waals surface area (Å²) in [5.74, 6) is 4.82. The maximum Gasteiger partial charge on any atom is 0.253 e. The fourth-order valence-electron chi connectivity index (χ4n) is 0.917. The molecule has 1 unspecified atom stereocenters. The molecule has 0 saturated carbocycles. The van der Waals surface area contributed by atoms with Gasteiger partial charge in [-0.25, -0.2) is 5.90 Å². The van der Waals surface area contributed by atoms with Gasteiger partial charge in [-0.1, -0.05) is 0 Å². The minimum Gasteiger partial charge on any atom is -0.343 e. The molecular formula is C5H10N2O2. The van der Waals surface area contributed by atoms with Gasteiger partial charge in [0.1, 0.15) is 0 Å². The second-order valence-electron chi connectivity index (χ2n) is 2.17. The Morgan fingerprint density at radius 3 is 2.78 bits per heavy atom. The van der Waals surface area contributed by atoms with Gasteiger partial charge in [-0.05, 0) is 0 Å². The Bertz CT molecular complexity index is 126. The van der Waals surface area contributed by atoms with Crippen molar-refractivity contribution in [3.8, 4) is 0 Å². The molecule has 4 heteroatoms. The van der Waals surface area contributed by atoms with Gasteiger partial charge in [0.25, 0.3) is 5.91 Å². The Balaban J connectivity index is 2.51. The van der Waals surface area contributed by atoms with Crippen molar-refractivity contribution in [2.75, 3.05) is 13.6 Å². The highest BCUT2D eigenvalue weighted by atomic mass is 16.6. The number of rotatable bonds is 1. The van der Waals surface area contributed by atoms with Crippen LogP contribution in [0, 0.1) is 0 Å². The molecule has 2 N–H and O–H groups in total. The molecule has 0 aromatic heterocycles. The smallest absolute Gasteiger partial charge is 0.253 e. The van der Waals surface area contributed by atoms with Crippen molar-refractivity contribution in [2.24, 2.45) is 5.90 Å². The van der Waals surface area contributed by atoms with Gasteiger partial charge in [0.2, 0.25) is 0 Å². The number of carbonyl (C=O) groups is 1. The van der Waals surface area contributed by atoms with Crippen LogP contribution in [0.15, 0.2) is 0 Å². The average molecular weight is 130 g/mol. The van der Waals surface area contributed by atoms with Crippen molar-refractivity contribution in [2.45, 2.75) is 12.5 Å². The molecule has 1 atom stereocenters. The molecule has 0 bridgehead atoms. The van der Waals surface area contributed by atoms with E-state index in [0.29, 0.717) is 6.42 Å². The van der Waals surface area contributed by atoms with Crippen LogP contribution in [-0.2, 0) is 9.63 Å². The van der Waals surface area contributed by atoms with Crippen molar-refractivity contribution < 1.29 is 9.63 Å². The van der Waals surface area contributed by atoms with Gasteiger partial charge in [0, 0.05) is 20.0 Å². The third kappa shape index (κ3) is 1.04. The fraction of sp³-hybridized carbons (Fsp3) is 0.800. The molecule has 1 heterocycles. The summed E-state index contributed by atoms with van der Waals surface area (Å²) >= 11 is 0. The van der Waals surface area contributed by atoms with Gasteiger partial charge in [0.15, 0.2) is 6.10 Å². The van der Waals surface area contributed by atoms with Crippen LogP contribution in [0.3, 0.4) is 0 Å². The highest BCUT2D eigenvalue weighted by Gasteiger charge is 2.28. The van der Waals surface area contributed by atoms with E-state index in [0.717, 1.165) is 6.54 Å². The van der Waals surface area contributed by atoms with Crippen LogP contribution in [0.25, 0.3) is 0 Å². The first-order valence-corrected chi connectivity index (χ1v) is 2.86. The first kappa shape index (κ1) is 6.51. The van der Waals surface area contributed by atoms with Crippen molar-refractivity contribution in [1.82, 2.24) is 4.90 Å². The van der Waals surface area contributed by atoms with Crippen LogP contribution in [0.5, 0.6) is 0 Å². The minimum absolute atomic E-state index is 0.0162. The lowest BCUT2D eigenvalue weighted by atomic mass is 10.3. The first-order valence-electron chi connectivity index (χ1n) is 2.86. The zero-order valence-electron chi connectivity index (χ0n) is 5.33. The van der Waals surface area contributed by atoms with E-state index in [1.165, 1.54) is 0 Å². The molecule has 0 spiro atoms. The fourth-order valence-corrected chi connectivity index (χ4v) is 0.917. The van der Waals surface area contributed by atoms with E-state index in [4.69, 9.17) is 5.90 Å². The lowest BCUT2D eigenvalue weighted by Crippen LogP contribution is -2.29. The molecule has 0 aliphatic carbocycles. The number of hydrogen-bond acceptors (Lipinski definition) is 3. The van der Waals surface area contributed by atoms with Gasteiger partial charge in [-0.15, -0.1) is 0 Å². The van der Waals surface area contributed by atoms with Crippen molar-refractivity contribution >= 4 is 5.91 Å². The average Bonchev–Trinajstić information content (AvgIpc) is 2.15. The molecule has 52 valence electrons. The molecular weight excluding hydrogens is 120 g/mol. The maximum absolute atomic E-state index is 10.9. The SMILES string of the molecule is CN1CCC(ON)C1=O. The van der Waals surface area contributed by atoms with Crippen molar-refractivity contribution in [1.29, 1.82) is 0 Å². The molecule has 0 aromatic carbocycles. The number of nitrogens with two attached hydrogens (primary N) is 1. The topological polar surface area (TPSA) is 55.6 Å². The van der Waals surface area contributed by atoms with Crippen LogP contribution < -0.4 is 5.90 Å².